The lowest BCUT2D eigenvalue weighted by Gasteiger charge is -2.22. The summed E-state index contributed by atoms with van der Waals surface area (Å²) in [5.41, 5.74) is -3.05. The first-order valence-corrected chi connectivity index (χ1v) is 3.74. The van der Waals surface area contributed by atoms with Crippen LogP contribution in [0.1, 0.15) is 19.8 Å². The fraction of sp³-hybridized carbons (Fsp3) is 0.500. The summed E-state index contributed by atoms with van der Waals surface area (Å²) in [5.74, 6) is -3.08. The van der Waals surface area contributed by atoms with Crippen molar-refractivity contribution in [3.63, 3.8) is 0 Å². The maximum atomic E-state index is 10.6. The molecule has 0 rings (SSSR count). The van der Waals surface area contributed by atoms with E-state index in [2.05, 4.69) is 6.58 Å². The van der Waals surface area contributed by atoms with Gasteiger partial charge in [-0.15, -0.1) is 0 Å². The molecule has 13 heavy (non-hydrogen) atoms. The van der Waals surface area contributed by atoms with Gasteiger partial charge in [-0.25, -0.2) is 9.59 Å². The van der Waals surface area contributed by atoms with Crippen LogP contribution in [-0.2, 0) is 9.59 Å². The summed E-state index contributed by atoms with van der Waals surface area (Å²) in [6.45, 7) is 4.68. The number of hydrogen-bond donors (Lipinski definition) is 3. The zero-order valence-corrected chi connectivity index (χ0v) is 7.28. The largest absolute Gasteiger partial charge is 0.479 e. The van der Waals surface area contributed by atoms with Crippen LogP contribution in [0.5, 0.6) is 0 Å². The van der Waals surface area contributed by atoms with Crippen LogP contribution in [0.25, 0.3) is 0 Å². The number of carboxylic acids is 2. The van der Waals surface area contributed by atoms with E-state index in [1.165, 1.54) is 0 Å². The predicted octanol–water partition coefficient (Wildman–Crippen LogP) is 0.243. The molecule has 3 N–H and O–H groups in total. The summed E-state index contributed by atoms with van der Waals surface area (Å²) in [7, 11) is 0. The van der Waals surface area contributed by atoms with E-state index < -0.39 is 23.1 Å². The molecule has 0 aliphatic heterocycles. The molecule has 0 aromatic heterocycles. The van der Waals surface area contributed by atoms with Gasteiger partial charge in [0, 0.05) is 0 Å². The van der Waals surface area contributed by atoms with Gasteiger partial charge in [0.05, 0.1) is 5.57 Å². The molecule has 1 atom stereocenters. The zero-order valence-electron chi connectivity index (χ0n) is 7.28. The molecule has 0 amide bonds. The second-order valence-electron chi connectivity index (χ2n) is 2.70. The van der Waals surface area contributed by atoms with Gasteiger partial charge in [0.2, 0.25) is 0 Å². The third-order valence-electron chi connectivity index (χ3n) is 1.72. The molecule has 0 heterocycles. The molecule has 0 saturated carbocycles. The smallest absolute Gasteiger partial charge is 0.340 e. The van der Waals surface area contributed by atoms with Crippen molar-refractivity contribution in [1.82, 2.24) is 0 Å². The summed E-state index contributed by atoms with van der Waals surface area (Å²) in [6, 6.07) is 0. The predicted molar refractivity (Wildman–Crippen MR) is 44.3 cm³/mol. The van der Waals surface area contributed by atoms with Crippen molar-refractivity contribution in [3.8, 4) is 0 Å². The van der Waals surface area contributed by atoms with Gasteiger partial charge in [-0.1, -0.05) is 19.9 Å². The molecule has 0 aliphatic carbocycles. The number of carbonyl (C=O) groups is 2. The first kappa shape index (κ1) is 11.6. The van der Waals surface area contributed by atoms with Gasteiger partial charge in [0.1, 0.15) is 0 Å². The maximum Gasteiger partial charge on any atom is 0.340 e. The zero-order chi connectivity index (χ0) is 10.6. The van der Waals surface area contributed by atoms with Crippen LogP contribution in [0.3, 0.4) is 0 Å². The third-order valence-corrected chi connectivity index (χ3v) is 1.72. The highest BCUT2D eigenvalue weighted by molar-refractivity contribution is 5.97. The van der Waals surface area contributed by atoms with Gasteiger partial charge < -0.3 is 15.3 Å². The molecule has 0 aromatic rings. The standard InChI is InChI=1S/C8H12O5/c1-3-4-8(13,7(11)12)5(2)6(9)10/h13H,2-4H2,1H3,(H,9,10)(H,11,12). The summed E-state index contributed by atoms with van der Waals surface area (Å²) in [5, 5.41) is 26.5. The van der Waals surface area contributed by atoms with Crippen LogP contribution < -0.4 is 0 Å². The fourth-order valence-electron chi connectivity index (χ4n) is 0.926. The quantitative estimate of drug-likeness (QED) is 0.537. The Hall–Kier alpha value is -1.36. The Morgan fingerprint density at radius 1 is 1.38 bits per heavy atom. The third kappa shape index (κ3) is 2.29. The first-order valence-electron chi connectivity index (χ1n) is 3.74. The van der Waals surface area contributed by atoms with Gasteiger partial charge >= 0.3 is 11.9 Å². The highest BCUT2D eigenvalue weighted by Crippen LogP contribution is 2.22. The molecule has 0 saturated heterocycles. The molecule has 0 aliphatic rings. The van der Waals surface area contributed by atoms with Crippen molar-refractivity contribution < 1.29 is 24.9 Å². The average molecular weight is 188 g/mol. The molecule has 0 aromatic carbocycles. The highest BCUT2D eigenvalue weighted by atomic mass is 16.4. The van der Waals surface area contributed by atoms with Gasteiger partial charge in [-0.3, -0.25) is 0 Å². The molecule has 5 nitrogen and oxygen atoms in total. The van der Waals surface area contributed by atoms with E-state index in [0.29, 0.717) is 6.42 Å². The second kappa shape index (κ2) is 4.04. The lowest BCUT2D eigenvalue weighted by atomic mass is 9.90. The Bertz CT molecular complexity index is 245. The van der Waals surface area contributed by atoms with Gasteiger partial charge in [0.25, 0.3) is 0 Å². The van der Waals surface area contributed by atoms with Gasteiger partial charge in [-0.2, -0.15) is 0 Å². The molecular formula is C8H12O5. The van der Waals surface area contributed by atoms with Crippen molar-refractivity contribution in [2.24, 2.45) is 0 Å². The summed E-state index contributed by atoms with van der Waals surface area (Å²) >= 11 is 0. The number of carboxylic acid groups (broad SMARTS) is 2. The normalized spacial score (nSPS) is 14.6. The minimum Gasteiger partial charge on any atom is -0.479 e. The van der Waals surface area contributed by atoms with Crippen molar-refractivity contribution >= 4 is 11.9 Å². The number of aliphatic carboxylic acids is 2. The second-order valence-corrected chi connectivity index (χ2v) is 2.70. The summed E-state index contributed by atoms with van der Waals surface area (Å²) in [4.78, 5) is 21.0. The van der Waals surface area contributed by atoms with Crippen LogP contribution in [0.4, 0.5) is 0 Å². The minimum atomic E-state index is -2.35. The monoisotopic (exact) mass is 188 g/mol. The van der Waals surface area contributed by atoms with E-state index in [0.717, 1.165) is 0 Å². The highest BCUT2D eigenvalue weighted by Gasteiger charge is 2.41. The molecular weight excluding hydrogens is 176 g/mol. The fourth-order valence-corrected chi connectivity index (χ4v) is 0.926. The molecule has 5 heteroatoms. The van der Waals surface area contributed by atoms with Gasteiger partial charge in [-0.05, 0) is 6.42 Å². The maximum absolute atomic E-state index is 10.6. The number of hydrogen-bond acceptors (Lipinski definition) is 3. The molecule has 1 unspecified atom stereocenters. The average Bonchev–Trinajstić information content (AvgIpc) is 2.02. The Morgan fingerprint density at radius 2 is 1.85 bits per heavy atom. The first-order chi connectivity index (χ1) is 5.86. The van der Waals surface area contributed by atoms with E-state index in [1.54, 1.807) is 6.92 Å². The lowest BCUT2D eigenvalue weighted by molar-refractivity contribution is -0.158. The number of aliphatic hydroxyl groups is 1. The molecule has 74 valence electrons. The van der Waals surface area contributed by atoms with Crippen LogP contribution in [0, 0.1) is 0 Å². The lowest BCUT2D eigenvalue weighted by Crippen LogP contribution is -2.42. The molecule has 0 spiro atoms. The Morgan fingerprint density at radius 3 is 2.08 bits per heavy atom. The molecule has 0 radical (unpaired) electrons. The van der Waals surface area contributed by atoms with E-state index in [-0.39, 0.29) is 6.42 Å². The van der Waals surface area contributed by atoms with Crippen LogP contribution in [0.15, 0.2) is 12.2 Å². The summed E-state index contributed by atoms with van der Waals surface area (Å²) in [6.07, 6.45) is 0.197. The van der Waals surface area contributed by atoms with E-state index in [1.807, 2.05) is 0 Å². The molecule has 0 bridgehead atoms. The van der Waals surface area contributed by atoms with Gasteiger partial charge in [0.15, 0.2) is 5.60 Å². The Kier molecular flexibility index (Phi) is 3.62. The Balaban J connectivity index is 4.89. The van der Waals surface area contributed by atoms with E-state index in [9.17, 15) is 14.7 Å². The van der Waals surface area contributed by atoms with E-state index in [4.69, 9.17) is 10.2 Å². The van der Waals surface area contributed by atoms with Crippen LogP contribution in [0.2, 0.25) is 0 Å². The topological polar surface area (TPSA) is 94.8 Å². The van der Waals surface area contributed by atoms with Crippen molar-refractivity contribution in [2.45, 2.75) is 25.4 Å². The van der Waals surface area contributed by atoms with Crippen LogP contribution in [-0.4, -0.2) is 32.9 Å². The number of rotatable bonds is 5. The van der Waals surface area contributed by atoms with E-state index >= 15 is 0 Å². The van der Waals surface area contributed by atoms with Crippen molar-refractivity contribution in [1.29, 1.82) is 0 Å². The Labute approximate surface area is 75.3 Å². The summed E-state index contributed by atoms with van der Waals surface area (Å²) < 4.78 is 0. The SMILES string of the molecule is C=C(C(=O)O)C(O)(CCC)C(=O)O. The minimum absolute atomic E-state index is 0.159. The van der Waals surface area contributed by atoms with Crippen molar-refractivity contribution in [3.05, 3.63) is 12.2 Å². The molecule has 0 fully saturated rings. The van der Waals surface area contributed by atoms with Crippen molar-refractivity contribution in [2.75, 3.05) is 0 Å². The van der Waals surface area contributed by atoms with Crippen LogP contribution >= 0.6 is 0 Å².